The molecule has 122 valence electrons. The molecule has 1 saturated carbocycles. The maximum absolute atomic E-state index is 11.9. The molecule has 1 aliphatic rings. The van der Waals surface area contributed by atoms with Crippen LogP contribution in [-0.2, 0) is 11.3 Å². The van der Waals surface area contributed by atoms with Crippen LogP contribution in [0.3, 0.4) is 0 Å². The Balaban J connectivity index is 1.68. The van der Waals surface area contributed by atoms with Crippen molar-refractivity contribution in [3.05, 3.63) is 48.0 Å². The third-order valence-corrected chi connectivity index (χ3v) is 4.39. The Morgan fingerprint density at radius 1 is 1.17 bits per heavy atom. The Kier molecular flexibility index (Phi) is 4.97. The van der Waals surface area contributed by atoms with Gasteiger partial charge in [-0.2, -0.15) is 0 Å². The van der Waals surface area contributed by atoms with Crippen molar-refractivity contribution in [1.82, 2.24) is 10.2 Å². The number of carbonyl (C=O) groups excluding carboxylic acids is 1. The summed E-state index contributed by atoms with van der Waals surface area (Å²) in [7, 11) is 0. The molecule has 1 aliphatic carbocycles. The molecule has 3 nitrogen and oxygen atoms in total. The summed E-state index contributed by atoms with van der Waals surface area (Å²) in [5.74, 6) is 0.156. The van der Waals surface area contributed by atoms with Crippen LogP contribution < -0.4 is 5.32 Å². The summed E-state index contributed by atoms with van der Waals surface area (Å²) in [6, 6.07) is 15.9. The largest absolute Gasteiger partial charge is 0.354 e. The molecule has 3 rings (SSSR count). The second kappa shape index (κ2) is 7.14. The van der Waals surface area contributed by atoms with Gasteiger partial charge in [-0.05, 0) is 43.0 Å². The molecule has 0 saturated heterocycles. The lowest BCUT2D eigenvalue weighted by Crippen LogP contribution is -2.34. The smallest absolute Gasteiger partial charge is 0.221 e. The van der Waals surface area contributed by atoms with Crippen molar-refractivity contribution in [2.24, 2.45) is 0 Å². The van der Waals surface area contributed by atoms with Crippen LogP contribution in [0.5, 0.6) is 0 Å². The zero-order valence-electron chi connectivity index (χ0n) is 14.1. The van der Waals surface area contributed by atoms with Crippen LogP contribution in [0, 0.1) is 0 Å². The maximum Gasteiger partial charge on any atom is 0.221 e. The van der Waals surface area contributed by atoms with E-state index in [-0.39, 0.29) is 11.9 Å². The van der Waals surface area contributed by atoms with E-state index in [0.29, 0.717) is 12.5 Å². The lowest BCUT2D eigenvalue weighted by molar-refractivity contribution is -0.121. The van der Waals surface area contributed by atoms with Crippen molar-refractivity contribution in [2.45, 2.75) is 51.7 Å². The normalized spacial score (nSPS) is 14.6. The number of fused-ring (bicyclic) bond motifs is 1. The average Bonchev–Trinajstić information content (AvgIpc) is 3.35. The molecule has 3 heteroatoms. The highest BCUT2D eigenvalue weighted by Crippen LogP contribution is 2.30. The molecule has 0 aromatic heterocycles. The van der Waals surface area contributed by atoms with E-state index in [9.17, 15) is 4.79 Å². The van der Waals surface area contributed by atoms with E-state index >= 15 is 0 Å². The quantitative estimate of drug-likeness (QED) is 0.845. The van der Waals surface area contributed by atoms with Crippen molar-refractivity contribution in [3.8, 4) is 0 Å². The van der Waals surface area contributed by atoms with Crippen LogP contribution in [-0.4, -0.2) is 29.4 Å². The van der Waals surface area contributed by atoms with Gasteiger partial charge in [-0.3, -0.25) is 9.69 Å². The van der Waals surface area contributed by atoms with Crippen LogP contribution in [0.2, 0.25) is 0 Å². The van der Waals surface area contributed by atoms with Crippen molar-refractivity contribution in [2.75, 3.05) is 6.54 Å². The Hall–Kier alpha value is -1.87. The van der Waals surface area contributed by atoms with E-state index in [1.54, 1.807) is 0 Å². The molecule has 0 radical (unpaired) electrons. The molecule has 0 unspecified atom stereocenters. The third-order valence-electron chi connectivity index (χ3n) is 4.39. The highest BCUT2D eigenvalue weighted by Gasteiger charge is 2.29. The first-order valence-electron chi connectivity index (χ1n) is 8.63. The minimum atomic E-state index is 0.156. The number of hydrogen-bond acceptors (Lipinski definition) is 2. The molecule has 0 spiro atoms. The van der Waals surface area contributed by atoms with E-state index in [1.165, 1.54) is 29.2 Å². The van der Waals surface area contributed by atoms with Gasteiger partial charge in [0.1, 0.15) is 0 Å². The Labute approximate surface area is 138 Å². The van der Waals surface area contributed by atoms with E-state index in [2.05, 4.69) is 52.7 Å². The summed E-state index contributed by atoms with van der Waals surface area (Å²) in [6.45, 7) is 5.78. The lowest BCUT2D eigenvalue weighted by Gasteiger charge is -2.23. The number of hydrogen-bond donors (Lipinski definition) is 1. The van der Waals surface area contributed by atoms with Gasteiger partial charge in [0.2, 0.25) is 5.91 Å². The lowest BCUT2D eigenvalue weighted by atomic mass is 10.0. The molecular formula is C20H26N2O. The molecule has 2 aromatic rings. The van der Waals surface area contributed by atoms with Gasteiger partial charge < -0.3 is 5.32 Å². The molecule has 1 amide bonds. The summed E-state index contributed by atoms with van der Waals surface area (Å²) < 4.78 is 0. The van der Waals surface area contributed by atoms with Crippen LogP contribution in [0.15, 0.2) is 42.5 Å². The fourth-order valence-corrected chi connectivity index (χ4v) is 3.12. The minimum absolute atomic E-state index is 0.156. The standard InChI is InChI=1S/C20H26N2O/c1-15(2)21-20(23)12-13-22(18-10-11-18)14-17-8-5-7-16-6-3-4-9-19(16)17/h3-9,15,18H,10-14H2,1-2H3,(H,21,23). The Morgan fingerprint density at radius 2 is 1.91 bits per heavy atom. The third kappa shape index (κ3) is 4.32. The second-order valence-electron chi connectivity index (χ2n) is 6.81. The van der Waals surface area contributed by atoms with Crippen LogP contribution in [0.25, 0.3) is 10.8 Å². The Bertz CT molecular complexity index is 671. The second-order valence-corrected chi connectivity index (χ2v) is 6.81. The van der Waals surface area contributed by atoms with E-state index in [1.807, 2.05) is 13.8 Å². The molecular weight excluding hydrogens is 284 g/mol. The fraction of sp³-hybridized carbons (Fsp3) is 0.450. The van der Waals surface area contributed by atoms with Crippen LogP contribution in [0.4, 0.5) is 0 Å². The number of nitrogens with one attached hydrogen (secondary N) is 1. The molecule has 2 aromatic carbocycles. The zero-order valence-corrected chi connectivity index (χ0v) is 14.1. The van der Waals surface area contributed by atoms with E-state index in [0.717, 1.165) is 13.1 Å². The molecule has 23 heavy (non-hydrogen) atoms. The van der Waals surface area contributed by atoms with Crippen molar-refractivity contribution in [1.29, 1.82) is 0 Å². The van der Waals surface area contributed by atoms with Gasteiger partial charge in [-0.1, -0.05) is 42.5 Å². The maximum atomic E-state index is 11.9. The predicted molar refractivity (Wildman–Crippen MR) is 95.3 cm³/mol. The van der Waals surface area contributed by atoms with Gasteiger partial charge in [0.15, 0.2) is 0 Å². The summed E-state index contributed by atoms with van der Waals surface area (Å²) in [6.07, 6.45) is 3.10. The Morgan fingerprint density at radius 3 is 2.65 bits per heavy atom. The molecule has 1 fully saturated rings. The first-order valence-corrected chi connectivity index (χ1v) is 8.63. The summed E-state index contributed by atoms with van der Waals surface area (Å²) in [5, 5.41) is 5.60. The predicted octanol–water partition coefficient (Wildman–Crippen LogP) is 3.72. The number of carbonyl (C=O) groups is 1. The first kappa shape index (κ1) is 16.0. The number of nitrogens with zero attached hydrogens (tertiary/aromatic N) is 1. The molecule has 0 aliphatic heterocycles. The molecule has 0 atom stereocenters. The first-order chi connectivity index (χ1) is 11.1. The van der Waals surface area contributed by atoms with E-state index in [4.69, 9.17) is 0 Å². The van der Waals surface area contributed by atoms with Crippen molar-refractivity contribution in [3.63, 3.8) is 0 Å². The van der Waals surface area contributed by atoms with Gasteiger partial charge in [0, 0.05) is 31.6 Å². The van der Waals surface area contributed by atoms with Crippen LogP contribution >= 0.6 is 0 Å². The molecule has 1 N–H and O–H groups in total. The number of benzene rings is 2. The number of rotatable bonds is 7. The summed E-state index contributed by atoms with van der Waals surface area (Å²) in [5.41, 5.74) is 1.36. The highest BCUT2D eigenvalue weighted by atomic mass is 16.1. The SMILES string of the molecule is CC(C)NC(=O)CCN(Cc1cccc2ccccc12)C1CC1. The van der Waals surface area contributed by atoms with Gasteiger partial charge in [0.05, 0.1) is 0 Å². The monoisotopic (exact) mass is 310 g/mol. The summed E-state index contributed by atoms with van der Waals surface area (Å²) >= 11 is 0. The highest BCUT2D eigenvalue weighted by molar-refractivity contribution is 5.85. The molecule has 0 bridgehead atoms. The average molecular weight is 310 g/mol. The zero-order chi connectivity index (χ0) is 16.2. The van der Waals surface area contributed by atoms with Gasteiger partial charge >= 0.3 is 0 Å². The number of amides is 1. The fourth-order valence-electron chi connectivity index (χ4n) is 3.12. The minimum Gasteiger partial charge on any atom is -0.354 e. The van der Waals surface area contributed by atoms with Gasteiger partial charge in [-0.25, -0.2) is 0 Å². The summed E-state index contributed by atoms with van der Waals surface area (Å²) in [4.78, 5) is 14.4. The van der Waals surface area contributed by atoms with Gasteiger partial charge in [-0.15, -0.1) is 0 Å². The van der Waals surface area contributed by atoms with Gasteiger partial charge in [0.25, 0.3) is 0 Å². The van der Waals surface area contributed by atoms with E-state index < -0.39 is 0 Å². The van der Waals surface area contributed by atoms with Crippen molar-refractivity contribution >= 4 is 16.7 Å². The molecule has 0 heterocycles. The topological polar surface area (TPSA) is 32.3 Å². The van der Waals surface area contributed by atoms with Crippen molar-refractivity contribution < 1.29 is 4.79 Å². The van der Waals surface area contributed by atoms with Crippen LogP contribution in [0.1, 0.15) is 38.7 Å².